The molecule has 6 heteroatoms. The van der Waals surface area contributed by atoms with Gasteiger partial charge in [-0.15, -0.1) is 0 Å². The normalized spacial score (nSPS) is 12.0. The molecule has 0 radical (unpaired) electrons. The average molecular weight is 906 g/mol. The van der Waals surface area contributed by atoms with Gasteiger partial charge in [0.2, 0.25) is 0 Å². The van der Waals surface area contributed by atoms with E-state index >= 15 is 0 Å². The largest absolute Gasteiger partial charge is 0.462 e. The molecule has 0 aromatic rings. The number of rotatable bonds is 53. The van der Waals surface area contributed by atoms with Gasteiger partial charge < -0.3 is 14.2 Å². The van der Waals surface area contributed by atoms with Gasteiger partial charge in [-0.2, -0.15) is 0 Å². The van der Waals surface area contributed by atoms with E-state index in [-0.39, 0.29) is 31.1 Å². The average Bonchev–Trinajstić information content (AvgIpc) is 3.28. The first-order valence-electron chi connectivity index (χ1n) is 28.9. The fourth-order valence-electron chi connectivity index (χ4n) is 8.92. The minimum Gasteiger partial charge on any atom is -0.462 e. The minimum atomic E-state index is -0.761. The van der Waals surface area contributed by atoms with E-state index in [9.17, 15) is 14.4 Å². The molecule has 6 nitrogen and oxygen atoms in total. The molecular formula is C58H112O6. The Bertz CT molecular complexity index is 964. The molecule has 64 heavy (non-hydrogen) atoms. The molecule has 0 N–H and O–H groups in total. The molecule has 0 heterocycles. The van der Waals surface area contributed by atoms with Crippen LogP contribution in [0.5, 0.6) is 0 Å². The predicted molar refractivity (Wildman–Crippen MR) is 275 cm³/mol. The molecule has 0 saturated heterocycles. The van der Waals surface area contributed by atoms with Crippen LogP contribution in [0.15, 0.2) is 0 Å². The van der Waals surface area contributed by atoms with Crippen LogP contribution in [0.4, 0.5) is 0 Å². The van der Waals surface area contributed by atoms with Crippen LogP contribution in [0.25, 0.3) is 0 Å². The van der Waals surface area contributed by atoms with Gasteiger partial charge in [0, 0.05) is 19.3 Å². The molecule has 0 fully saturated rings. The summed E-state index contributed by atoms with van der Waals surface area (Å²) in [7, 11) is 0. The van der Waals surface area contributed by atoms with Crippen molar-refractivity contribution in [3.63, 3.8) is 0 Å². The van der Waals surface area contributed by atoms with E-state index in [1.807, 2.05) is 0 Å². The molecular weight excluding hydrogens is 793 g/mol. The Kier molecular flexibility index (Phi) is 51.1. The summed E-state index contributed by atoms with van der Waals surface area (Å²) in [6, 6.07) is 0. The minimum absolute atomic E-state index is 0.0621. The van der Waals surface area contributed by atoms with Gasteiger partial charge in [0.15, 0.2) is 6.10 Å². The third-order valence-electron chi connectivity index (χ3n) is 13.3. The highest BCUT2D eigenvalue weighted by Gasteiger charge is 2.19. The number of hydrogen-bond donors (Lipinski definition) is 0. The van der Waals surface area contributed by atoms with Crippen LogP contribution < -0.4 is 0 Å². The summed E-state index contributed by atoms with van der Waals surface area (Å²) in [5, 5.41) is 0. The Morgan fingerprint density at radius 1 is 0.297 bits per heavy atom. The van der Waals surface area contributed by atoms with Crippen LogP contribution in [0, 0.1) is 5.92 Å². The van der Waals surface area contributed by atoms with Gasteiger partial charge in [-0.3, -0.25) is 14.4 Å². The number of hydrogen-bond acceptors (Lipinski definition) is 6. The number of esters is 3. The van der Waals surface area contributed by atoms with Crippen LogP contribution in [-0.4, -0.2) is 37.2 Å². The van der Waals surface area contributed by atoms with E-state index in [0.717, 1.165) is 63.7 Å². The Morgan fingerprint density at radius 2 is 0.516 bits per heavy atom. The first kappa shape index (κ1) is 62.4. The zero-order valence-electron chi connectivity index (χ0n) is 43.8. The topological polar surface area (TPSA) is 78.9 Å². The predicted octanol–water partition coefficient (Wildman–Crippen LogP) is 19.0. The molecule has 0 aliphatic rings. The lowest BCUT2D eigenvalue weighted by Crippen LogP contribution is -2.30. The second-order valence-corrected chi connectivity index (χ2v) is 20.4. The van der Waals surface area contributed by atoms with E-state index < -0.39 is 6.10 Å². The monoisotopic (exact) mass is 905 g/mol. The second kappa shape index (κ2) is 52.4. The van der Waals surface area contributed by atoms with Crippen LogP contribution in [0.3, 0.4) is 0 Å². The quantitative estimate of drug-likeness (QED) is 0.0344. The molecule has 380 valence electrons. The van der Waals surface area contributed by atoms with Crippen molar-refractivity contribution in [1.29, 1.82) is 0 Å². The number of carbonyl (C=O) groups is 3. The first-order valence-corrected chi connectivity index (χ1v) is 28.9. The maximum absolute atomic E-state index is 12.8. The van der Waals surface area contributed by atoms with Crippen LogP contribution in [0.2, 0.25) is 0 Å². The van der Waals surface area contributed by atoms with E-state index in [1.54, 1.807) is 0 Å². The summed E-state index contributed by atoms with van der Waals surface area (Å²) < 4.78 is 16.9. The van der Waals surface area contributed by atoms with Crippen molar-refractivity contribution >= 4 is 17.9 Å². The van der Waals surface area contributed by atoms with Crippen LogP contribution in [0.1, 0.15) is 329 Å². The molecule has 0 unspecified atom stereocenters. The van der Waals surface area contributed by atoms with Gasteiger partial charge in [0.25, 0.3) is 0 Å². The Labute approximate surface area is 399 Å². The van der Waals surface area contributed by atoms with Gasteiger partial charge >= 0.3 is 17.9 Å². The van der Waals surface area contributed by atoms with E-state index in [2.05, 4.69) is 27.7 Å². The molecule has 0 saturated carbocycles. The van der Waals surface area contributed by atoms with E-state index in [4.69, 9.17) is 14.2 Å². The third kappa shape index (κ3) is 51.4. The summed E-state index contributed by atoms with van der Waals surface area (Å²) in [4.78, 5) is 38.1. The second-order valence-electron chi connectivity index (χ2n) is 20.4. The van der Waals surface area contributed by atoms with E-state index in [0.29, 0.717) is 19.3 Å². The van der Waals surface area contributed by atoms with Crippen molar-refractivity contribution in [1.82, 2.24) is 0 Å². The summed E-state index contributed by atoms with van der Waals surface area (Å²) in [6.07, 6.45) is 56.7. The standard InChI is InChI=1S/C58H112O6/c1-5-7-9-11-13-15-17-18-19-20-21-22-23-28-31-35-39-43-47-51-58(61)64-55(52-62-56(59)49-45-41-37-33-16-14-12-10-8-6-2)53-63-57(60)50-46-42-38-34-30-27-25-24-26-29-32-36-40-44-48-54(3)4/h54-55H,5-53H2,1-4H3/t55-/m1/s1. The van der Waals surface area contributed by atoms with Crippen LogP contribution in [-0.2, 0) is 28.6 Å². The highest BCUT2D eigenvalue weighted by Crippen LogP contribution is 2.18. The van der Waals surface area contributed by atoms with Gasteiger partial charge in [0.05, 0.1) is 0 Å². The zero-order valence-corrected chi connectivity index (χ0v) is 43.8. The molecule has 0 spiro atoms. The highest BCUT2D eigenvalue weighted by atomic mass is 16.6. The number of ether oxygens (including phenoxy) is 3. The summed E-state index contributed by atoms with van der Waals surface area (Å²) in [6.45, 7) is 9.05. The smallest absolute Gasteiger partial charge is 0.306 e. The summed E-state index contributed by atoms with van der Waals surface area (Å²) >= 11 is 0. The molecule has 0 bridgehead atoms. The fourth-order valence-corrected chi connectivity index (χ4v) is 8.92. The first-order chi connectivity index (χ1) is 31.4. The van der Waals surface area contributed by atoms with Crippen molar-refractivity contribution in [2.24, 2.45) is 5.92 Å². The lowest BCUT2D eigenvalue weighted by atomic mass is 10.0. The van der Waals surface area contributed by atoms with Gasteiger partial charge in [0.1, 0.15) is 13.2 Å². The number of carbonyl (C=O) groups excluding carboxylic acids is 3. The Balaban J connectivity index is 4.23. The molecule has 0 aromatic carbocycles. The summed E-state index contributed by atoms with van der Waals surface area (Å²) in [5.41, 5.74) is 0. The third-order valence-corrected chi connectivity index (χ3v) is 13.3. The molecule has 0 rings (SSSR count). The van der Waals surface area contributed by atoms with Gasteiger partial charge in [-0.25, -0.2) is 0 Å². The van der Waals surface area contributed by atoms with Crippen LogP contribution >= 0.6 is 0 Å². The molecule has 0 amide bonds. The van der Waals surface area contributed by atoms with Gasteiger partial charge in [-0.1, -0.05) is 291 Å². The Hall–Kier alpha value is -1.59. The maximum Gasteiger partial charge on any atom is 0.306 e. The summed E-state index contributed by atoms with van der Waals surface area (Å²) in [5.74, 6) is 0.00696. The van der Waals surface area contributed by atoms with Crippen molar-refractivity contribution < 1.29 is 28.6 Å². The van der Waals surface area contributed by atoms with Crippen molar-refractivity contribution in [3.05, 3.63) is 0 Å². The molecule has 0 aliphatic heterocycles. The lowest BCUT2D eigenvalue weighted by molar-refractivity contribution is -0.167. The van der Waals surface area contributed by atoms with Crippen molar-refractivity contribution in [2.75, 3.05) is 13.2 Å². The zero-order chi connectivity index (χ0) is 46.7. The SMILES string of the molecule is CCCCCCCCCCCCCCCCCCCCCC(=O)O[C@H](COC(=O)CCCCCCCCCCCC)COC(=O)CCCCCCCCCCCCCCCCC(C)C. The lowest BCUT2D eigenvalue weighted by Gasteiger charge is -2.18. The molecule has 0 aromatic heterocycles. The highest BCUT2D eigenvalue weighted by molar-refractivity contribution is 5.71. The molecule has 0 aliphatic carbocycles. The number of unbranched alkanes of at least 4 members (excludes halogenated alkanes) is 40. The molecule has 1 atom stereocenters. The fraction of sp³-hybridized carbons (Fsp3) is 0.948. The van der Waals surface area contributed by atoms with Crippen molar-refractivity contribution in [2.45, 2.75) is 336 Å². The maximum atomic E-state index is 12.8. The Morgan fingerprint density at radius 3 is 0.766 bits per heavy atom. The van der Waals surface area contributed by atoms with Crippen molar-refractivity contribution in [3.8, 4) is 0 Å². The van der Waals surface area contributed by atoms with Gasteiger partial charge in [-0.05, 0) is 25.2 Å². The van der Waals surface area contributed by atoms with E-state index in [1.165, 1.54) is 225 Å².